The SMILES string of the molecule is Cc1cc(C(C)(C)C)cc(C)c1CN(C)CC(C)(C)CN. The summed E-state index contributed by atoms with van der Waals surface area (Å²) in [7, 11) is 2.19. The van der Waals surface area contributed by atoms with Crippen LogP contribution in [0.5, 0.6) is 0 Å². The third-order valence-corrected chi connectivity index (χ3v) is 4.24. The molecule has 0 aliphatic heterocycles. The lowest BCUT2D eigenvalue weighted by molar-refractivity contribution is 0.209. The lowest BCUT2D eigenvalue weighted by Gasteiger charge is -2.30. The van der Waals surface area contributed by atoms with Crippen LogP contribution in [0.15, 0.2) is 12.1 Å². The van der Waals surface area contributed by atoms with Crippen molar-refractivity contribution >= 4 is 0 Å². The Bertz CT molecular complexity index is 458. The van der Waals surface area contributed by atoms with Crippen molar-refractivity contribution < 1.29 is 0 Å². The molecular weight excluding hydrogens is 256 g/mol. The molecule has 0 amide bonds. The normalized spacial score (nSPS) is 13.0. The Morgan fingerprint density at radius 2 is 1.48 bits per heavy atom. The zero-order valence-corrected chi connectivity index (χ0v) is 15.3. The number of rotatable bonds is 5. The Hall–Kier alpha value is -0.860. The lowest BCUT2D eigenvalue weighted by Crippen LogP contribution is -2.36. The van der Waals surface area contributed by atoms with Gasteiger partial charge in [0.25, 0.3) is 0 Å². The molecule has 2 heteroatoms. The van der Waals surface area contributed by atoms with Gasteiger partial charge in [-0.05, 0) is 60.5 Å². The Kier molecular flexibility index (Phi) is 5.63. The van der Waals surface area contributed by atoms with Crippen molar-refractivity contribution in [3.8, 4) is 0 Å². The van der Waals surface area contributed by atoms with Gasteiger partial charge >= 0.3 is 0 Å². The van der Waals surface area contributed by atoms with E-state index in [2.05, 4.69) is 72.5 Å². The summed E-state index contributed by atoms with van der Waals surface area (Å²) < 4.78 is 0. The average Bonchev–Trinajstić information content (AvgIpc) is 2.31. The van der Waals surface area contributed by atoms with Gasteiger partial charge in [-0.3, -0.25) is 0 Å². The van der Waals surface area contributed by atoms with Gasteiger partial charge in [-0.15, -0.1) is 0 Å². The molecule has 21 heavy (non-hydrogen) atoms. The van der Waals surface area contributed by atoms with Gasteiger partial charge in [-0.1, -0.05) is 46.8 Å². The Balaban J connectivity index is 2.95. The molecule has 120 valence electrons. The van der Waals surface area contributed by atoms with E-state index in [-0.39, 0.29) is 10.8 Å². The van der Waals surface area contributed by atoms with E-state index >= 15 is 0 Å². The Morgan fingerprint density at radius 3 is 1.86 bits per heavy atom. The number of benzene rings is 1. The predicted molar refractivity (Wildman–Crippen MR) is 93.8 cm³/mol. The average molecular weight is 290 g/mol. The zero-order chi connectivity index (χ0) is 16.4. The summed E-state index contributed by atoms with van der Waals surface area (Å²) in [5.41, 5.74) is 11.9. The second-order valence-corrected chi connectivity index (χ2v) is 8.38. The predicted octanol–water partition coefficient (Wildman–Crippen LogP) is 4.02. The second kappa shape index (κ2) is 6.50. The number of hydrogen-bond donors (Lipinski definition) is 1. The van der Waals surface area contributed by atoms with E-state index in [1.54, 1.807) is 0 Å². The number of nitrogens with two attached hydrogens (primary N) is 1. The second-order valence-electron chi connectivity index (χ2n) is 8.38. The molecule has 1 aromatic rings. The van der Waals surface area contributed by atoms with E-state index in [9.17, 15) is 0 Å². The molecule has 0 heterocycles. The summed E-state index contributed by atoms with van der Waals surface area (Å²) in [5, 5.41) is 0. The molecule has 2 N–H and O–H groups in total. The fraction of sp³-hybridized carbons (Fsp3) is 0.684. The quantitative estimate of drug-likeness (QED) is 0.887. The van der Waals surface area contributed by atoms with Crippen LogP contribution in [0.3, 0.4) is 0 Å². The van der Waals surface area contributed by atoms with Crippen molar-refractivity contribution in [3.05, 3.63) is 34.4 Å². The summed E-state index contributed by atoms with van der Waals surface area (Å²) in [5.74, 6) is 0. The molecule has 0 aliphatic rings. The van der Waals surface area contributed by atoms with E-state index in [1.165, 1.54) is 22.3 Å². The molecule has 0 aliphatic carbocycles. The summed E-state index contributed by atoms with van der Waals surface area (Å²) in [4.78, 5) is 2.39. The van der Waals surface area contributed by atoms with Crippen molar-refractivity contribution in [3.63, 3.8) is 0 Å². The molecule has 0 unspecified atom stereocenters. The first-order valence-corrected chi connectivity index (χ1v) is 7.95. The fourth-order valence-corrected chi connectivity index (χ4v) is 2.80. The highest BCUT2D eigenvalue weighted by atomic mass is 15.1. The molecule has 0 saturated heterocycles. The smallest absolute Gasteiger partial charge is 0.0236 e. The van der Waals surface area contributed by atoms with Gasteiger partial charge in [0.2, 0.25) is 0 Å². The molecule has 0 fully saturated rings. The van der Waals surface area contributed by atoms with Crippen molar-refractivity contribution in [1.29, 1.82) is 0 Å². The van der Waals surface area contributed by atoms with Crippen LogP contribution in [-0.2, 0) is 12.0 Å². The van der Waals surface area contributed by atoms with Gasteiger partial charge in [0.15, 0.2) is 0 Å². The largest absolute Gasteiger partial charge is 0.330 e. The van der Waals surface area contributed by atoms with Crippen LogP contribution in [0.1, 0.15) is 56.9 Å². The minimum absolute atomic E-state index is 0.169. The van der Waals surface area contributed by atoms with Crippen molar-refractivity contribution in [2.24, 2.45) is 11.1 Å². The molecule has 1 rings (SSSR count). The molecule has 0 atom stereocenters. The summed E-state index contributed by atoms with van der Waals surface area (Å²) in [6, 6.07) is 4.70. The first-order valence-electron chi connectivity index (χ1n) is 7.95. The molecule has 2 nitrogen and oxygen atoms in total. The van der Waals surface area contributed by atoms with Crippen LogP contribution in [-0.4, -0.2) is 25.0 Å². The maximum atomic E-state index is 5.85. The van der Waals surface area contributed by atoms with E-state index in [0.29, 0.717) is 0 Å². The number of nitrogens with zero attached hydrogens (tertiary/aromatic N) is 1. The standard InChI is InChI=1S/C19H34N2/c1-14-9-16(18(3,4)5)10-15(2)17(14)11-21(8)13-19(6,7)12-20/h9-10H,11-13,20H2,1-8H3. The van der Waals surface area contributed by atoms with Crippen LogP contribution >= 0.6 is 0 Å². The Labute approximate surface area is 131 Å². The van der Waals surface area contributed by atoms with Crippen molar-refractivity contribution in [1.82, 2.24) is 4.90 Å². The molecule has 0 saturated carbocycles. The van der Waals surface area contributed by atoms with Crippen molar-refractivity contribution in [2.45, 2.75) is 60.4 Å². The monoisotopic (exact) mass is 290 g/mol. The molecule has 0 radical (unpaired) electrons. The highest BCUT2D eigenvalue weighted by molar-refractivity contribution is 5.40. The molecule has 0 aromatic heterocycles. The maximum Gasteiger partial charge on any atom is 0.0236 e. The molecule has 0 spiro atoms. The van der Waals surface area contributed by atoms with Gasteiger partial charge in [0.05, 0.1) is 0 Å². The maximum absolute atomic E-state index is 5.85. The minimum atomic E-state index is 0.169. The van der Waals surface area contributed by atoms with Gasteiger partial charge in [-0.2, -0.15) is 0 Å². The van der Waals surface area contributed by atoms with Gasteiger partial charge in [-0.25, -0.2) is 0 Å². The zero-order valence-electron chi connectivity index (χ0n) is 15.3. The van der Waals surface area contributed by atoms with Crippen LogP contribution in [0.2, 0.25) is 0 Å². The third kappa shape index (κ3) is 5.12. The van der Waals surface area contributed by atoms with Crippen LogP contribution in [0.4, 0.5) is 0 Å². The number of hydrogen-bond acceptors (Lipinski definition) is 2. The third-order valence-electron chi connectivity index (χ3n) is 4.24. The van der Waals surface area contributed by atoms with E-state index < -0.39 is 0 Å². The van der Waals surface area contributed by atoms with Crippen LogP contribution in [0.25, 0.3) is 0 Å². The van der Waals surface area contributed by atoms with Crippen molar-refractivity contribution in [2.75, 3.05) is 20.1 Å². The molecule has 1 aromatic carbocycles. The van der Waals surface area contributed by atoms with Gasteiger partial charge in [0, 0.05) is 13.1 Å². The molecule has 0 bridgehead atoms. The number of aryl methyl sites for hydroxylation is 2. The van der Waals surface area contributed by atoms with Crippen LogP contribution < -0.4 is 5.73 Å². The topological polar surface area (TPSA) is 29.3 Å². The highest BCUT2D eigenvalue weighted by Crippen LogP contribution is 2.27. The summed E-state index contributed by atoms with van der Waals surface area (Å²) >= 11 is 0. The first-order chi connectivity index (χ1) is 9.46. The summed E-state index contributed by atoms with van der Waals surface area (Å²) in [6.07, 6.45) is 0. The first kappa shape index (κ1) is 18.2. The van der Waals surface area contributed by atoms with E-state index in [1.807, 2.05) is 0 Å². The van der Waals surface area contributed by atoms with Gasteiger partial charge < -0.3 is 10.6 Å². The van der Waals surface area contributed by atoms with Crippen LogP contribution in [0, 0.1) is 19.3 Å². The molecular formula is C19H34N2. The van der Waals surface area contributed by atoms with Gasteiger partial charge in [0.1, 0.15) is 0 Å². The van der Waals surface area contributed by atoms with E-state index in [0.717, 1.165) is 19.6 Å². The minimum Gasteiger partial charge on any atom is -0.330 e. The lowest BCUT2D eigenvalue weighted by atomic mass is 9.83. The Morgan fingerprint density at radius 1 is 1.00 bits per heavy atom. The van der Waals surface area contributed by atoms with E-state index in [4.69, 9.17) is 5.73 Å². The summed E-state index contributed by atoms with van der Waals surface area (Å²) in [6.45, 7) is 18.5. The fourth-order valence-electron chi connectivity index (χ4n) is 2.80. The highest BCUT2D eigenvalue weighted by Gasteiger charge is 2.20.